The van der Waals surface area contributed by atoms with Crippen LogP contribution in [0.4, 0.5) is 0 Å². The van der Waals surface area contributed by atoms with E-state index in [1.54, 1.807) is 0 Å². The fraction of sp³-hybridized carbons (Fsp3) is 0.0385. The fourth-order valence-electron chi connectivity index (χ4n) is 9.92. The minimum atomic E-state index is 1.23. The monoisotopic (exact) mass is 686 g/mol. The van der Waals surface area contributed by atoms with Gasteiger partial charge in [-0.15, -0.1) is 0 Å². The summed E-state index contributed by atoms with van der Waals surface area (Å²) in [5.74, 6) is 0. The number of rotatable bonds is 2. The van der Waals surface area contributed by atoms with Gasteiger partial charge in [-0.05, 0) is 88.9 Å². The third-order valence-corrected chi connectivity index (χ3v) is 12.2. The fourth-order valence-corrected chi connectivity index (χ4v) is 9.92. The first-order chi connectivity index (χ1) is 26.7. The van der Waals surface area contributed by atoms with E-state index in [1.165, 1.54) is 120 Å². The maximum Gasteiger partial charge on any atom is 0.0568 e. The molecule has 0 aliphatic rings. The van der Waals surface area contributed by atoms with Crippen molar-refractivity contribution in [2.24, 2.45) is 14.1 Å². The van der Waals surface area contributed by atoms with Gasteiger partial charge >= 0.3 is 0 Å². The van der Waals surface area contributed by atoms with Crippen LogP contribution >= 0.6 is 0 Å². The van der Waals surface area contributed by atoms with Crippen molar-refractivity contribution in [3.05, 3.63) is 170 Å². The highest BCUT2D eigenvalue weighted by molar-refractivity contribution is 6.30. The van der Waals surface area contributed by atoms with Crippen LogP contribution in [-0.4, -0.2) is 9.13 Å². The molecule has 2 aromatic heterocycles. The Hall–Kier alpha value is -6.90. The Kier molecular flexibility index (Phi) is 5.94. The Labute approximate surface area is 311 Å². The smallest absolute Gasteiger partial charge is 0.0568 e. The van der Waals surface area contributed by atoms with Gasteiger partial charge in [-0.2, -0.15) is 0 Å². The van der Waals surface area contributed by atoms with E-state index in [0.717, 1.165) is 0 Å². The number of hydrogen-bond acceptors (Lipinski definition) is 0. The number of aromatic nitrogens is 2. The SMILES string of the molecule is Cn1c(-c2c3ccccc3c(-c3cc4c5ccccc5c5ccccc5c4n3C)c3cc4ccccc4cc23)cc2c3ccccc3c3ccccc3c21. The minimum Gasteiger partial charge on any atom is -0.343 e. The molecular weight excluding hydrogens is 653 g/mol. The predicted octanol–water partition coefficient (Wildman–Crippen LogP) is 14.1. The zero-order chi connectivity index (χ0) is 35.7. The van der Waals surface area contributed by atoms with Crippen LogP contribution in [0, 0.1) is 0 Å². The molecule has 0 N–H and O–H groups in total. The topological polar surface area (TPSA) is 9.86 Å². The molecule has 12 rings (SSSR count). The van der Waals surface area contributed by atoms with Crippen LogP contribution in [0.1, 0.15) is 0 Å². The van der Waals surface area contributed by atoms with E-state index in [-0.39, 0.29) is 0 Å². The van der Waals surface area contributed by atoms with Gasteiger partial charge in [0.2, 0.25) is 0 Å². The molecule has 2 nitrogen and oxygen atoms in total. The van der Waals surface area contributed by atoms with E-state index in [2.05, 4.69) is 193 Å². The number of hydrogen-bond donors (Lipinski definition) is 0. The maximum absolute atomic E-state index is 2.45. The summed E-state index contributed by atoms with van der Waals surface area (Å²) in [4.78, 5) is 0. The van der Waals surface area contributed by atoms with Gasteiger partial charge in [0.05, 0.1) is 22.4 Å². The van der Waals surface area contributed by atoms with Gasteiger partial charge in [-0.1, -0.05) is 146 Å². The largest absolute Gasteiger partial charge is 0.343 e. The summed E-state index contributed by atoms with van der Waals surface area (Å²) in [5.41, 5.74) is 7.54. The highest BCUT2D eigenvalue weighted by Gasteiger charge is 2.24. The maximum atomic E-state index is 2.45. The Bertz CT molecular complexity index is 3340. The highest BCUT2D eigenvalue weighted by atomic mass is 15.0. The lowest BCUT2D eigenvalue weighted by atomic mass is 9.87. The normalized spacial score (nSPS) is 12.3. The zero-order valence-electron chi connectivity index (χ0n) is 30.1. The molecule has 0 unspecified atom stereocenters. The van der Waals surface area contributed by atoms with Crippen molar-refractivity contribution in [1.29, 1.82) is 0 Å². The molecule has 0 aliphatic carbocycles. The van der Waals surface area contributed by atoms with Crippen molar-refractivity contribution in [1.82, 2.24) is 9.13 Å². The number of fused-ring (bicyclic) bond motifs is 15. The third kappa shape index (κ3) is 3.84. The van der Waals surface area contributed by atoms with Crippen molar-refractivity contribution < 1.29 is 0 Å². The molecule has 0 radical (unpaired) electrons. The van der Waals surface area contributed by atoms with Crippen LogP contribution in [-0.2, 0) is 14.1 Å². The second-order valence-corrected chi connectivity index (χ2v) is 14.9. The molecule has 0 aliphatic heterocycles. The lowest BCUT2D eigenvalue weighted by Crippen LogP contribution is -1.98. The van der Waals surface area contributed by atoms with Gasteiger partial charge in [0.15, 0.2) is 0 Å². The molecule has 10 aromatic carbocycles. The van der Waals surface area contributed by atoms with Gasteiger partial charge in [0, 0.05) is 46.8 Å². The summed E-state index contributed by atoms with van der Waals surface area (Å²) in [6, 6.07) is 63.3. The lowest BCUT2D eigenvalue weighted by Gasteiger charge is -2.19. The molecule has 0 fully saturated rings. The standard InChI is InChI=1S/C52H34N2/c1-53-47(29-45-37-21-7-5-17-33(37)35-19-9-13-25-41(35)51(45)53)49-39-23-11-12-24-40(39)50(44-28-32-16-4-3-15-31(32)27-43(44)49)48-30-46-38-22-8-6-18-34(38)36-20-10-14-26-42(36)52(46)54(48)2/h3-30H,1-2H3. The molecule has 2 heterocycles. The van der Waals surface area contributed by atoms with Gasteiger partial charge < -0.3 is 9.13 Å². The van der Waals surface area contributed by atoms with Crippen LogP contribution in [0.25, 0.3) is 120 Å². The summed E-state index contributed by atoms with van der Waals surface area (Å²) in [7, 11) is 4.52. The molecule has 0 saturated heterocycles. The van der Waals surface area contributed by atoms with Gasteiger partial charge in [0.1, 0.15) is 0 Å². The van der Waals surface area contributed by atoms with Crippen molar-refractivity contribution in [3.63, 3.8) is 0 Å². The van der Waals surface area contributed by atoms with E-state index in [1.807, 2.05) is 0 Å². The second-order valence-electron chi connectivity index (χ2n) is 14.9. The van der Waals surface area contributed by atoms with Crippen molar-refractivity contribution in [2.75, 3.05) is 0 Å². The van der Waals surface area contributed by atoms with E-state index < -0.39 is 0 Å². The number of benzene rings is 10. The van der Waals surface area contributed by atoms with Gasteiger partial charge in [-0.25, -0.2) is 0 Å². The molecule has 0 atom stereocenters. The molecule has 0 spiro atoms. The molecule has 54 heavy (non-hydrogen) atoms. The summed E-state index contributed by atoms with van der Waals surface area (Å²) in [5, 5.41) is 20.4. The van der Waals surface area contributed by atoms with Gasteiger partial charge in [-0.3, -0.25) is 0 Å². The lowest BCUT2D eigenvalue weighted by molar-refractivity contribution is 0.983. The predicted molar refractivity (Wildman–Crippen MR) is 233 cm³/mol. The molecule has 12 aromatic rings. The summed E-state index contributed by atoms with van der Waals surface area (Å²) >= 11 is 0. The summed E-state index contributed by atoms with van der Waals surface area (Å²) in [6.07, 6.45) is 0. The molecule has 0 bridgehead atoms. The molecule has 252 valence electrons. The average Bonchev–Trinajstić information content (AvgIpc) is 3.76. The Morgan fingerprint density at radius 1 is 0.259 bits per heavy atom. The molecule has 0 amide bonds. The second kappa shape index (κ2) is 10.8. The molecular formula is C52H34N2. The van der Waals surface area contributed by atoms with Crippen molar-refractivity contribution >= 4 is 97.2 Å². The highest BCUT2D eigenvalue weighted by Crippen LogP contribution is 2.49. The van der Waals surface area contributed by atoms with Crippen LogP contribution in [0.15, 0.2) is 170 Å². The van der Waals surface area contributed by atoms with Crippen LogP contribution in [0.2, 0.25) is 0 Å². The average molecular weight is 687 g/mol. The Morgan fingerprint density at radius 2 is 0.537 bits per heavy atom. The van der Waals surface area contributed by atoms with Crippen LogP contribution < -0.4 is 0 Å². The summed E-state index contributed by atoms with van der Waals surface area (Å²) < 4.78 is 4.91. The van der Waals surface area contributed by atoms with E-state index in [4.69, 9.17) is 0 Å². The number of nitrogens with zero attached hydrogens (tertiary/aromatic N) is 2. The molecule has 2 heteroatoms. The first-order valence-corrected chi connectivity index (χ1v) is 18.8. The van der Waals surface area contributed by atoms with Crippen molar-refractivity contribution in [3.8, 4) is 22.5 Å². The van der Waals surface area contributed by atoms with Crippen LogP contribution in [0.3, 0.4) is 0 Å². The van der Waals surface area contributed by atoms with Crippen molar-refractivity contribution in [2.45, 2.75) is 0 Å². The summed E-state index contributed by atoms with van der Waals surface area (Å²) in [6.45, 7) is 0. The molecule has 0 saturated carbocycles. The Balaban J connectivity index is 1.28. The van der Waals surface area contributed by atoms with E-state index in [0.29, 0.717) is 0 Å². The first-order valence-electron chi connectivity index (χ1n) is 18.8. The first kappa shape index (κ1) is 29.7. The van der Waals surface area contributed by atoms with Crippen LogP contribution in [0.5, 0.6) is 0 Å². The Morgan fingerprint density at radius 3 is 0.907 bits per heavy atom. The quantitative estimate of drug-likeness (QED) is 0.127. The van der Waals surface area contributed by atoms with Gasteiger partial charge in [0.25, 0.3) is 0 Å². The minimum absolute atomic E-state index is 1.23. The zero-order valence-corrected chi connectivity index (χ0v) is 30.1. The number of aryl methyl sites for hydroxylation is 2. The van der Waals surface area contributed by atoms with E-state index in [9.17, 15) is 0 Å². The third-order valence-electron chi connectivity index (χ3n) is 12.2. The van der Waals surface area contributed by atoms with E-state index >= 15 is 0 Å².